The monoisotopic (exact) mass is 421 g/mol. The van der Waals surface area contributed by atoms with Crippen molar-refractivity contribution in [2.75, 3.05) is 20.3 Å². The number of carbonyl (C=O) groups is 2. The first-order chi connectivity index (χ1) is 15.0. The number of esters is 1. The molecule has 0 spiro atoms. The molecule has 7 nitrogen and oxygen atoms in total. The number of amidine groups is 1. The number of ether oxygens (including phenoxy) is 1. The maximum absolute atomic E-state index is 13.0. The number of hydrogen-bond donors (Lipinski definition) is 1. The van der Waals surface area contributed by atoms with E-state index in [-0.39, 0.29) is 18.3 Å². The van der Waals surface area contributed by atoms with E-state index < -0.39 is 0 Å². The molecule has 31 heavy (non-hydrogen) atoms. The Hall–Kier alpha value is -3.45. The molecule has 0 saturated heterocycles. The number of rotatable bonds is 7. The average Bonchev–Trinajstić information content (AvgIpc) is 2.95. The molecule has 1 heterocycles. The molecule has 2 aromatic carbocycles. The molecule has 0 bridgehead atoms. The van der Waals surface area contributed by atoms with Crippen LogP contribution in [0.5, 0.6) is 0 Å². The summed E-state index contributed by atoms with van der Waals surface area (Å²) in [5.41, 5.74) is 10.5. The molecule has 2 N–H and O–H groups in total. The second-order valence-electron chi connectivity index (χ2n) is 7.12. The van der Waals surface area contributed by atoms with Gasteiger partial charge in [0.15, 0.2) is 0 Å². The van der Waals surface area contributed by atoms with Crippen LogP contribution in [0.3, 0.4) is 0 Å². The predicted molar refractivity (Wildman–Crippen MR) is 121 cm³/mol. The molecule has 7 heteroatoms. The van der Waals surface area contributed by atoms with Gasteiger partial charge in [-0.25, -0.2) is 14.9 Å². The molecule has 2 aromatic rings. The summed E-state index contributed by atoms with van der Waals surface area (Å²) in [5, 5.41) is 1.39. The molecular formula is C24H27N3O4. The quantitative estimate of drug-likeness (QED) is 0.536. The fraction of sp³-hybridized carbons (Fsp3) is 0.292. The Bertz CT molecular complexity index is 1020. The van der Waals surface area contributed by atoms with Gasteiger partial charge in [0.05, 0.1) is 25.0 Å². The van der Waals surface area contributed by atoms with E-state index in [1.807, 2.05) is 50.3 Å². The van der Waals surface area contributed by atoms with Gasteiger partial charge in [0.1, 0.15) is 5.84 Å². The van der Waals surface area contributed by atoms with Gasteiger partial charge in [0, 0.05) is 24.1 Å². The molecule has 0 aliphatic carbocycles. The Morgan fingerprint density at radius 1 is 1.10 bits per heavy atom. The lowest BCUT2D eigenvalue weighted by atomic mass is 10.00. The van der Waals surface area contributed by atoms with Crippen molar-refractivity contribution in [1.82, 2.24) is 5.06 Å². The summed E-state index contributed by atoms with van der Waals surface area (Å²) in [4.78, 5) is 34.6. The van der Waals surface area contributed by atoms with E-state index in [1.165, 1.54) is 12.2 Å². The summed E-state index contributed by atoms with van der Waals surface area (Å²) in [6.45, 7) is 4.76. The van der Waals surface area contributed by atoms with Crippen LogP contribution < -0.4 is 5.73 Å². The second-order valence-corrected chi connectivity index (χ2v) is 7.12. The first-order valence-electron chi connectivity index (χ1n) is 10.3. The third kappa shape index (κ3) is 5.19. The van der Waals surface area contributed by atoms with Crippen molar-refractivity contribution >= 4 is 29.5 Å². The van der Waals surface area contributed by atoms with E-state index in [1.54, 1.807) is 12.1 Å². The molecule has 3 rings (SSSR count). The second kappa shape index (κ2) is 10.0. The lowest BCUT2D eigenvalue weighted by Gasteiger charge is -2.21. The lowest BCUT2D eigenvalue weighted by Crippen LogP contribution is -2.34. The highest BCUT2D eigenvalue weighted by Gasteiger charge is 2.22. The van der Waals surface area contributed by atoms with E-state index >= 15 is 0 Å². The molecule has 0 unspecified atom stereocenters. The van der Waals surface area contributed by atoms with E-state index in [9.17, 15) is 9.59 Å². The number of nitrogens with zero attached hydrogens (tertiary/aromatic N) is 2. The molecule has 1 amide bonds. The topological polar surface area (TPSA) is 94.2 Å². The Kier molecular flexibility index (Phi) is 7.20. The minimum Gasteiger partial charge on any atom is -0.465 e. The number of benzene rings is 2. The first-order valence-corrected chi connectivity index (χ1v) is 10.3. The number of amides is 1. The van der Waals surface area contributed by atoms with E-state index in [0.29, 0.717) is 35.8 Å². The van der Waals surface area contributed by atoms with Gasteiger partial charge >= 0.3 is 5.97 Å². The summed E-state index contributed by atoms with van der Waals surface area (Å²) in [7, 11) is 1.35. The summed E-state index contributed by atoms with van der Waals surface area (Å²) in [5.74, 6) is -0.209. The van der Waals surface area contributed by atoms with Crippen molar-refractivity contribution in [2.24, 2.45) is 10.7 Å². The van der Waals surface area contributed by atoms with Crippen molar-refractivity contribution in [1.29, 1.82) is 0 Å². The van der Waals surface area contributed by atoms with Crippen LogP contribution in [0, 0.1) is 0 Å². The zero-order valence-electron chi connectivity index (χ0n) is 18.1. The normalized spacial score (nSPS) is 12.9. The minimum atomic E-state index is -0.377. The Balaban J connectivity index is 1.93. The highest BCUT2D eigenvalue weighted by atomic mass is 16.7. The number of carbonyl (C=O) groups excluding carboxylic acids is 2. The summed E-state index contributed by atoms with van der Waals surface area (Å²) >= 11 is 0. The summed E-state index contributed by atoms with van der Waals surface area (Å²) in [6, 6.07) is 12.9. The van der Waals surface area contributed by atoms with Gasteiger partial charge in [-0.2, -0.15) is 0 Å². The maximum Gasteiger partial charge on any atom is 0.337 e. The zero-order chi connectivity index (χ0) is 22.4. The van der Waals surface area contributed by atoms with Crippen LogP contribution in [0.25, 0.3) is 17.2 Å². The van der Waals surface area contributed by atoms with Gasteiger partial charge in [-0.05, 0) is 48.7 Å². The van der Waals surface area contributed by atoms with Crippen LogP contribution in [-0.4, -0.2) is 43.0 Å². The lowest BCUT2D eigenvalue weighted by molar-refractivity contribution is -0.180. The van der Waals surface area contributed by atoms with Crippen molar-refractivity contribution in [3.8, 4) is 11.1 Å². The number of hydrogen-bond acceptors (Lipinski definition) is 6. The molecule has 0 atom stereocenters. The first kappa shape index (κ1) is 22.2. The highest BCUT2D eigenvalue weighted by Crippen LogP contribution is 2.32. The number of aliphatic imine (C=N–C) groups is 1. The van der Waals surface area contributed by atoms with E-state index in [0.717, 1.165) is 23.1 Å². The smallest absolute Gasteiger partial charge is 0.337 e. The van der Waals surface area contributed by atoms with Gasteiger partial charge in [-0.3, -0.25) is 9.63 Å². The molecule has 0 radical (unpaired) electrons. The SMILES string of the molecule is CCCN(OCC)C(=O)C1=Cc2ccc(-c3ccc(C(=O)OC)cc3)cc2N=C(N)C1. The maximum atomic E-state index is 13.0. The Labute approximate surface area is 182 Å². The molecule has 162 valence electrons. The van der Waals surface area contributed by atoms with Crippen LogP contribution in [0.1, 0.15) is 42.6 Å². The number of hydroxylamine groups is 2. The third-order valence-electron chi connectivity index (χ3n) is 4.85. The minimum absolute atomic E-state index is 0.197. The number of nitrogens with two attached hydrogens (primary N) is 1. The van der Waals surface area contributed by atoms with Gasteiger partial charge in [-0.1, -0.05) is 31.2 Å². The van der Waals surface area contributed by atoms with Crippen molar-refractivity contribution in [2.45, 2.75) is 26.7 Å². The third-order valence-corrected chi connectivity index (χ3v) is 4.85. The number of fused-ring (bicyclic) bond motifs is 1. The Morgan fingerprint density at radius 3 is 2.45 bits per heavy atom. The molecule has 1 aliphatic heterocycles. The fourth-order valence-corrected chi connectivity index (χ4v) is 3.37. The molecular weight excluding hydrogens is 394 g/mol. The molecule has 0 fully saturated rings. The molecule has 0 saturated carbocycles. The van der Waals surface area contributed by atoms with Crippen LogP contribution in [0.2, 0.25) is 0 Å². The van der Waals surface area contributed by atoms with E-state index in [2.05, 4.69) is 4.99 Å². The van der Waals surface area contributed by atoms with Crippen molar-refractivity contribution < 1.29 is 19.2 Å². The zero-order valence-corrected chi connectivity index (χ0v) is 18.1. The van der Waals surface area contributed by atoms with Gasteiger partial charge in [0.25, 0.3) is 5.91 Å². The van der Waals surface area contributed by atoms with Crippen LogP contribution in [-0.2, 0) is 14.4 Å². The average molecular weight is 421 g/mol. The van der Waals surface area contributed by atoms with Crippen LogP contribution in [0.4, 0.5) is 5.69 Å². The summed E-state index contributed by atoms with van der Waals surface area (Å²) in [6.07, 6.45) is 2.87. The molecule has 0 aromatic heterocycles. The van der Waals surface area contributed by atoms with Crippen molar-refractivity contribution in [3.05, 3.63) is 59.2 Å². The predicted octanol–water partition coefficient (Wildman–Crippen LogP) is 4.11. The standard InChI is InChI=1S/C24H27N3O4/c1-4-12-27(31-5-2)23(28)20-13-19-11-10-18(14-21(19)26-22(25)15-20)16-6-8-17(9-7-16)24(29)30-3/h6-11,13-14H,4-5,12,15H2,1-3H3,(H2,25,26). The van der Waals surface area contributed by atoms with Crippen LogP contribution in [0.15, 0.2) is 53.0 Å². The Morgan fingerprint density at radius 2 is 1.81 bits per heavy atom. The van der Waals surface area contributed by atoms with Gasteiger partial charge in [-0.15, -0.1) is 0 Å². The molecule has 1 aliphatic rings. The van der Waals surface area contributed by atoms with Gasteiger partial charge < -0.3 is 10.5 Å². The van der Waals surface area contributed by atoms with Crippen molar-refractivity contribution in [3.63, 3.8) is 0 Å². The largest absolute Gasteiger partial charge is 0.465 e. The fourth-order valence-electron chi connectivity index (χ4n) is 3.37. The highest BCUT2D eigenvalue weighted by molar-refractivity contribution is 6.05. The van der Waals surface area contributed by atoms with Gasteiger partial charge in [0.2, 0.25) is 0 Å². The van der Waals surface area contributed by atoms with Crippen LogP contribution >= 0.6 is 0 Å². The van der Waals surface area contributed by atoms with E-state index in [4.69, 9.17) is 15.3 Å². The summed E-state index contributed by atoms with van der Waals surface area (Å²) < 4.78 is 4.74. The number of methoxy groups -OCH3 is 1.